The molecule has 0 aromatic heterocycles. The van der Waals surface area contributed by atoms with E-state index in [4.69, 9.17) is 0 Å². The number of hydrogen-bond donors (Lipinski definition) is 1. The molecule has 1 saturated carbocycles. The van der Waals surface area contributed by atoms with Gasteiger partial charge >= 0.3 is 0 Å². The van der Waals surface area contributed by atoms with E-state index in [0.29, 0.717) is 12.3 Å². The van der Waals surface area contributed by atoms with Gasteiger partial charge in [-0.1, -0.05) is 6.92 Å². The minimum atomic E-state index is 0.154. The molecule has 100 valence electrons. The molecular weight excluding hydrogens is 228 g/mol. The number of nitrogens with zero attached hydrogens (tertiary/aromatic N) is 1. The molecule has 2 saturated heterocycles. The number of nitrogens with one attached hydrogen (secondary N) is 1. The maximum Gasteiger partial charge on any atom is 0.225 e. The first-order valence-corrected chi connectivity index (χ1v) is 7.13. The summed E-state index contributed by atoms with van der Waals surface area (Å²) in [5.74, 6) is 1.56. The highest BCUT2D eigenvalue weighted by Crippen LogP contribution is 2.40. The Hall–Kier alpha value is -1.06. The largest absolute Gasteiger partial charge is 0.356 e. The van der Waals surface area contributed by atoms with E-state index in [2.05, 4.69) is 12.2 Å². The summed E-state index contributed by atoms with van der Waals surface area (Å²) in [7, 11) is 0. The van der Waals surface area contributed by atoms with Crippen molar-refractivity contribution in [1.29, 1.82) is 0 Å². The Bertz CT molecular complexity index is 366. The van der Waals surface area contributed by atoms with Crippen molar-refractivity contribution >= 4 is 11.8 Å². The third-order valence-electron chi connectivity index (χ3n) is 5.05. The van der Waals surface area contributed by atoms with Crippen molar-refractivity contribution in [2.24, 2.45) is 17.3 Å². The van der Waals surface area contributed by atoms with Gasteiger partial charge in [-0.2, -0.15) is 0 Å². The van der Waals surface area contributed by atoms with Crippen molar-refractivity contribution in [1.82, 2.24) is 10.2 Å². The maximum atomic E-state index is 12.2. The summed E-state index contributed by atoms with van der Waals surface area (Å²) in [6, 6.07) is 0. The topological polar surface area (TPSA) is 49.4 Å². The number of piperidine rings is 1. The number of hydrogen-bond acceptors (Lipinski definition) is 2. The first-order chi connectivity index (χ1) is 8.58. The number of likely N-dealkylation sites (tertiary alicyclic amines) is 1. The monoisotopic (exact) mass is 250 g/mol. The molecule has 1 aliphatic carbocycles. The van der Waals surface area contributed by atoms with Gasteiger partial charge in [0.25, 0.3) is 0 Å². The fourth-order valence-electron chi connectivity index (χ4n) is 3.67. The first kappa shape index (κ1) is 12.0. The number of carbonyl (C=O) groups excluding carboxylic acids is 2. The van der Waals surface area contributed by atoms with Crippen LogP contribution in [-0.4, -0.2) is 36.3 Å². The lowest BCUT2D eigenvalue weighted by Crippen LogP contribution is -2.48. The maximum absolute atomic E-state index is 12.2. The Morgan fingerprint density at radius 2 is 2.00 bits per heavy atom. The van der Waals surface area contributed by atoms with E-state index < -0.39 is 0 Å². The Morgan fingerprint density at radius 1 is 1.33 bits per heavy atom. The lowest BCUT2D eigenvalue weighted by molar-refractivity contribution is -0.142. The minimum Gasteiger partial charge on any atom is -0.356 e. The molecule has 0 aromatic rings. The number of rotatable bonds is 1. The van der Waals surface area contributed by atoms with Crippen LogP contribution in [0, 0.1) is 17.3 Å². The predicted molar refractivity (Wildman–Crippen MR) is 67.8 cm³/mol. The normalized spacial score (nSPS) is 34.3. The fraction of sp³-hybridized carbons (Fsp3) is 0.857. The fourth-order valence-corrected chi connectivity index (χ4v) is 3.67. The third-order valence-corrected chi connectivity index (χ3v) is 5.05. The van der Waals surface area contributed by atoms with Crippen LogP contribution >= 0.6 is 0 Å². The van der Waals surface area contributed by atoms with E-state index in [-0.39, 0.29) is 17.2 Å². The van der Waals surface area contributed by atoms with E-state index >= 15 is 0 Å². The van der Waals surface area contributed by atoms with E-state index in [1.807, 2.05) is 4.90 Å². The zero-order valence-electron chi connectivity index (χ0n) is 11.1. The minimum absolute atomic E-state index is 0.154. The van der Waals surface area contributed by atoms with Crippen LogP contribution in [0.5, 0.6) is 0 Å². The molecule has 0 aromatic carbocycles. The van der Waals surface area contributed by atoms with Crippen LogP contribution in [0.25, 0.3) is 0 Å². The standard InChI is InChI=1S/C14H22N2O2/c1-10-6-11(7-10)13(18)16-4-2-14(3-5-16)8-12(17)15-9-14/h10-11H,2-9H2,1H3,(H,15,17). The molecular formula is C14H22N2O2. The second-order valence-electron chi connectivity index (χ2n) is 6.55. The van der Waals surface area contributed by atoms with Gasteiger partial charge in [0.05, 0.1) is 0 Å². The van der Waals surface area contributed by atoms with Crippen LogP contribution in [0.4, 0.5) is 0 Å². The molecule has 0 bridgehead atoms. The summed E-state index contributed by atoms with van der Waals surface area (Å²) in [6.45, 7) is 4.72. The van der Waals surface area contributed by atoms with E-state index in [1.54, 1.807) is 0 Å². The molecule has 1 N–H and O–H groups in total. The van der Waals surface area contributed by atoms with Crippen molar-refractivity contribution in [2.45, 2.75) is 39.0 Å². The summed E-state index contributed by atoms with van der Waals surface area (Å²) < 4.78 is 0. The molecule has 4 nitrogen and oxygen atoms in total. The molecule has 2 amide bonds. The molecule has 2 aliphatic heterocycles. The van der Waals surface area contributed by atoms with Gasteiger partial charge < -0.3 is 10.2 Å². The van der Waals surface area contributed by atoms with Crippen LogP contribution in [0.2, 0.25) is 0 Å². The van der Waals surface area contributed by atoms with Gasteiger partial charge in [-0.25, -0.2) is 0 Å². The Labute approximate surface area is 108 Å². The molecule has 3 aliphatic rings. The van der Waals surface area contributed by atoms with Gasteiger partial charge in [0, 0.05) is 32.0 Å². The number of carbonyl (C=O) groups is 2. The summed E-state index contributed by atoms with van der Waals surface area (Å²) in [6.07, 6.45) is 4.77. The van der Waals surface area contributed by atoms with Crippen LogP contribution in [0.15, 0.2) is 0 Å². The molecule has 2 heterocycles. The summed E-state index contributed by atoms with van der Waals surface area (Å²) in [5.41, 5.74) is 0.154. The lowest BCUT2D eigenvalue weighted by atomic mass is 9.74. The van der Waals surface area contributed by atoms with Crippen LogP contribution < -0.4 is 5.32 Å². The quantitative estimate of drug-likeness (QED) is 0.759. The van der Waals surface area contributed by atoms with E-state index in [1.165, 1.54) is 0 Å². The first-order valence-electron chi connectivity index (χ1n) is 7.13. The highest BCUT2D eigenvalue weighted by molar-refractivity contribution is 5.81. The van der Waals surface area contributed by atoms with E-state index in [9.17, 15) is 9.59 Å². The second kappa shape index (κ2) is 4.25. The SMILES string of the molecule is CC1CC(C(=O)N2CCC3(CC2)CNC(=O)C3)C1. The second-order valence-corrected chi connectivity index (χ2v) is 6.55. The summed E-state index contributed by atoms with van der Waals surface area (Å²) in [4.78, 5) is 25.6. The van der Waals surface area contributed by atoms with Crippen molar-refractivity contribution in [3.63, 3.8) is 0 Å². The van der Waals surface area contributed by atoms with Gasteiger partial charge in [0.15, 0.2) is 0 Å². The van der Waals surface area contributed by atoms with Crippen LogP contribution in [-0.2, 0) is 9.59 Å². The van der Waals surface area contributed by atoms with Crippen LogP contribution in [0.1, 0.15) is 39.0 Å². The van der Waals surface area contributed by atoms with Gasteiger partial charge in [-0.15, -0.1) is 0 Å². The molecule has 1 spiro atoms. The zero-order chi connectivity index (χ0) is 12.8. The highest BCUT2D eigenvalue weighted by atomic mass is 16.2. The smallest absolute Gasteiger partial charge is 0.225 e. The van der Waals surface area contributed by atoms with Gasteiger partial charge in [-0.3, -0.25) is 9.59 Å². The molecule has 18 heavy (non-hydrogen) atoms. The third kappa shape index (κ3) is 2.02. The summed E-state index contributed by atoms with van der Waals surface area (Å²) >= 11 is 0. The molecule has 3 rings (SSSR count). The molecule has 0 unspecified atom stereocenters. The molecule has 0 radical (unpaired) electrons. The van der Waals surface area contributed by atoms with Crippen molar-refractivity contribution in [2.75, 3.05) is 19.6 Å². The highest BCUT2D eigenvalue weighted by Gasteiger charge is 2.43. The van der Waals surface area contributed by atoms with Gasteiger partial charge in [-0.05, 0) is 37.0 Å². The van der Waals surface area contributed by atoms with Crippen molar-refractivity contribution in [3.05, 3.63) is 0 Å². The van der Waals surface area contributed by atoms with Crippen molar-refractivity contribution < 1.29 is 9.59 Å². The number of amides is 2. The van der Waals surface area contributed by atoms with E-state index in [0.717, 1.165) is 51.2 Å². The lowest BCUT2D eigenvalue weighted by Gasteiger charge is -2.42. The Kier molecular flexibility index (Phi) is 2.83. The molecule has 3 fully saturated rings. The Morgan fingerprint density at radius 3 is 2.50 bits per heavy atom. The average Bonchev–Trinajstić information content (AvgIpc) is 2.67. The van der Waals surface area contributed by atoms with Gasteiger partial charge in [0.1, 0.15) is 0 Å². The molecule has 4 heteroatoms. The molecule has 0 atom stereocenters. The Balaban J connectivity index is 1.54. The zero-order valence-corrected chi connectivity index (χ0v) is 11.1. The summed E-state index contributed by atoms with van der Waals surface area (Å²) in [5, 5.41) is 2.93. The predicted octanol–water partition coefficient (Wildman–Crippen LogP) is 1.16. The van der Waals surface area contributed by atoms with Gasteiger partial charge in [0.2, 0.25) is 11.8 Å². The van der Waals surface area contributed by atoms with Crippen LogP contribution in [0.3, 0.4) is 0 Å². The van der Waals surface area contributed by atoms with Crippen molar-refractivity contribution in [3.8, 4) is 0 Å². The average molecular weight is 250 g/mol.